The molecule has 1 saturated heterocycles. The molecule has 3 rings (SSSR count). The Labute approximate surface area is 174 Å². The highest BCUT2D eigenvalue weighted by Gasteiger charge is 2.17. The smallest absolute Gasteiger partial charge is 0.230 e. The van der Waals surface area contributed by atoms with Crippen molar-refractivity contribution >= 4 is 29.0 Å². The van der Waals surface area contributed by atoms with E-state index in [1.807, 2.05) is 30.5 Å². The molecular weight excluding hydrogens is 396 g/mol. The van der Waals surface area contributed by atoms with Crippen molar-refractivity contribution in [3.63, 3.8) is 0 Å². The molecule has 0 bridgehead atoms. The Bertz CT molecular complexity index is 775. The topological polar surface area (TPSA) is 69.7 Å². The first kappa shape index (κ1) is 21.0. The van der Waals surface area contributed by atoms with E-state index in [9.17, 15) is 4.79 Å². The van der Waals surface area contributed by atoms with Crippen LogP contribution in [0.15, 0.2) is 23.6 Å². The number of thiazole rings is 1. The number of ether oxygens (including phenoxy) is 3. The third-order valence-electron chi connectivity index (χ3n) is 4.32. The number of carbonyl (C=O) groups excluding carboxylic acids is 1. The van der Waals surface area contributed by atoms with Crippen LogP contribution in [0, 0.1) is 6.92 Å². The molecule has 0 radical (unpaired) electrons. The molecular formula is C20H26N2O4S2. The minimum Gasteiger partial charge on any atom is -0.493 e. The number of amides is 1. The van der Waals surface area contributed by atoms with Crippen molar-refractivity contribution in [2.75, 3.05) is 26.1 Å². The Kier molecular flexibility index (Phi) is 8.00. The van der Waals surface area contributed by atoms with Gasteiger partial charge in [0, 0.05) is 24.3 Å². The van der Waals surface area contributed by atoms with E-state index in [0.29, 0.717) is 30.4 Å². The second-order valence-corrected chi connectivity index (χ2v) is 8.61. The van der Waals surface area contributed by atoms with Gasteiger partial charge in [0.05, 0.1) is 29.7 Å². The van der Waals surface area contributed by atoms with Crippen LogP contribution in [0.2, 0.25) is 0 Å². The SMILES string of the molecule is COc1cc(CNC(=O)CSCc2csc(C)n2)ccc1OCC1CCCO1. The highest BCUT2D eigenvalue weighted by atomic mass is 32.2. The van der Waals surface area contributed by atoms with Crippen LogP contribution < -0.4 is 14.8 Å². The van der Waals surface area contributed by atoms with Gasteiger partial charge in [0.15, 0.2) is 11.5 Å². The summed E-state index contributed by atoms with van der Waals surface area (Å²) in [6.45, 7) is 3.78. The van der Waals surface area contributed by atoms with E-state index < -0.39 is 0 Å². The number of hydrogen-bond donors (Lipinski definition) is 1. The average molecular weight is 423 g/mol. The van der Waals surface area contributed by atoms with E-state index in [-0.39, 0.29) is 12.0 Å². The molecule has 1 atom stereocenters. The maximum absolute atomic E-state index is 12.1. The lowest BCUT2D eigenvalue weighted by Gasteiger charge is -2.15. The van der Waals surface area contributed by atoms with Crippen LogP contribution in [0.1, 0.15) is 29.1 Å². The fraction of sp³-hybridized carbons (Fsp3) is 0.500. The second kappa shape index (κ2) is 10.7. The van der Waals surface area contributed by atoms with Crippen LogP contribution >= 0.6 is 23.1 Å². The lowest BCUT2D eigenvalue weighted by molar-refractivity contribution is -0.118. The van der Waals surface area contributed by atoms with E-state index >= 15 is 0 Å². The Hall–Kier alpha value is -1.77. The molecule has 1 aromatic carbocycles. The van der Waals surface area contributed by atoms with Gasteiger partial charge in [-0.15, -0.1) is 23.1 Å². The van der Waals surface area contributed by atoms with Gasteiger partial charge in [-0.05, 0) is 37.5 Å². The molecule has 1 aliphatic rings. The Morgan fingerprint density at radius 2 is 2.32 bits per heavy atom. The summed E-state index contributed by atoms with van der Waals surface area (Å²) in [6, 6.07) is 5.73. The molecule has 8 heteroatoms. The number of nitrogens with one attached hydrogen (secondary N) is 1. The lowest BCUT2D eigenvalue weighted by atomic mass is 10.2. The monoisotopic (exact) mass is 422 g/mol. The van der Waals surface area contributed by atoms with E-state index in [4.69, 9.17) is 14.2 Å². The van der Waals surface area contributed by atoms with Crippen molar-refractivity contribution in [1.29, 1.82) is 0 Å². The minimum absolute atomic E-state index is 0.00891. The normalized spacial score (nSPS) is 16.1. The van der Waals surface area contributed by atoms with Gasteiger partial charge in [-0.3, -0.25) is 4.79 Å². The molecule has 0 aliphatic carbocycles. The number of rotatable bonds is 10. The molecule has 2 heterocycles. The van der Waals surface area contributed by atoms with Gasteiger partial charge in [0.25, 0.3) is 0 Å². The quantitative estimate of drug-likeness (QED) is 0.631. The first-order valence-corrected chi connectivity index (χ1v) is 11.3. The molecule has 0 spiro atoms. The fourth-order valence-electron chi connectivity index (χ4n) is 2.87. The second-order valence-electron chi connectivity index (χ2n) is 6.56. The summed E-state index contributed by atoms with van der Waals surface area (Å²) < 4.78 is 16.9. The van der Waals surface area contributed by atoms with Crippen LogP contribution in [0.4, 0.5) is 0 Å². The summed E-state index contributed by atoms with van der Waals surface area (Å²) in [5.41, 5.74) is 2.00. The van der Waals surface area contributed by atoms with Crippen molar-refractivity contribution < 1.29 is 19.0 Å². The number of carbonyl (C=O) groups is 1. The van der Waals surface area contributed by atoms with Crippen molar-refractivity contribution in [2.45, 2.75) is 38.2 Å². The zero-order chi connectivity index (χ0) is 19.8. The summed E-state index contributed by atoms with van der Waals surface area (Å²) in [5, 5.41) is 6.03. The molecule has 152 valence electrons. The molecule has 1 unspecified atom stereocenters. The number of methoxy groups -OCH3 is 1. The van der Waals surface area contributed by atoms with Crippen LogP contribution in [0.25, 0.3) is 0 Å². The van der Waals surface area contributed by atoms with Crippen LogP contribution in [-0.4, -0.2) is 43.1 Å². The molecule has 2 aromatic rings. The molecule has 1 aliphatic heterocycles. The van der Waals surface area contributed by atoms with E-state index in [0.717, 1.165) is 41.5 Å². The summed E-state index contributed by atoms with van der Waals surface area (Å²) in [4.78, 5) is 16.5. The van der Waals surface area contributed by atoms with Gasteiger partial charge < -0.3 is 19.5 Å². The highest BCUT2D eigenvalue weighted by Crippen LogP contribution is 2.29. The first-order chi connectivity index (χ1) is 13.6. The number of hydrogen-bond acceptors (Lipinski definition) is 7. The van der Waals surface area contributed by atoms with E-state index in [1.165, 1.54) is 0 Å². The number of aryl methyl sites for hydroxylation is 1. The molecule has 28 heavy (non-hydrogen) atoms. The summed E-state index contributed by atoms with van der Waals surface area (Å²) in [5.74, 6) is 2.54. The molecule has 1 aromatic heterocycles. The number of aromatic nitrogens is 1. The van der Waals surface area contributed by atoms with Gasteiger partial charge in [0.2, 0.25) is 5.91 Å². The summed E-state index contributed by atoms with van der Waals surface area (Å²) >= 11 is 3.20. The Morgan fingerprint density at radius 3 is 3.04 bits per heavy atom. The van der Waals surface area contributed by atoms with Crippen LogP contribution in [0.3, 0.4) is 0 Å². The predicted molar refractivity (Wildman–Crippen MR) is 112 cm³/mol. The summed E-state index contributed by atoms with van der Waals surface area (Å²) in [7, 11) is 1.62. The fourth-order valence-corrected chi connectivity index (χ4v) is 4.34. The maximum Gasteiger partial charge on any atom is 0.230 e. The molecule has 1 N–H and O–H groups in total. The van der Waals surface area contributed by atoms with Gasteiger partial charge >= 0.3 is 0 Å². The largest absolute Gasteiger partial charge is 0.493 e. The molecule has 1 fully saturated rings. The highest BCUT2D eigenvalue weighted by molar-refractivity contribution is 7.99. The van der Waals surface area contributed by atoms with Crippen LogP contribution in [-0.2, 0) is 21.8 Å². The van der Waals surface area contributed by atoms with Gasteiger partial charge in [-0.1, -0.05) is 6.07 Å². The maximum atomic E-state index is 12.1. The number of nitrogens with zero attached hydrogens (tertiary/aromatic N) is 1. The van der Waals surface area contributed by atoms with Crippen molar-refractivity contribution in [1.82, 2.24) is 10.3 Å². The standard InChI is InChI=1S/C20H26N2O4S2/c1-14-22-16(12-28-14)11-27-13-20(23)21-9-15-5-6-18(19(8-15)24-2)26-10-17-4-3-7-25-17/h5-6,8,12,17H,3-4,7,9-11,13H2,1-2H3,(H,21,23). The Balaban J connectivity index is 1.42. The Morgan fingerprint density at radius 1 is 1.43 bits per heavy atom. The van der Waals surface area contributed by atoms with E-state index in [1.54, 1.807) is 30.2 Å². The first-order valence-electron chi connectivity index (χ1n) is 9.31. The lowest BCUT2D eigenvalue weighted by Crippen LogP contribution is -2.24. The van der Waals surface area contributed by atoms with Gasteiger partial charge in [0.1, 0.15) is 6.61 Å². The van der Waals surface area contributed by atoms with Gasteiger partial charge in [-0.25, -0.2) is 4.98 Å². The third-order valence-corrected chi connectivity index (χ3v) is 6.10. The zero-order valence-electron chi connectivity index (χ0n) is 16.2. The van der Waals surface area contributed by atoms with Crippen molar-refractivity contribution in [3.8, 4) is 11.5 Å². The molecule has 0 saturated carbocycles. The number of thioether (sulfide) groups is 1. The number of benzene rings is 1. The minimum atomic E-state index is 0.00891. The van der Waals surface area contributed by atoms with Gasteiger partial charge in [-0.2, -0.15) is 0 Å². The molecule has 1 amide bonds. The molecule has 6 nitrogen and oxygen atoms in total. The summed E-state index contributed by atoms with van der Waals surface area (Å²) in [6.07, 6.45) is 2.28. The third kappa shape index (κ3) is 6.39. The van der Waals surface area contributed by atoms with Crippen molar-refractivity contribution in [2.24, 2.45) is 0 Å². The van der Waals surface area contributed by atoms with Crippen molar-refractivity contribution in [3.05, 3.63) is 39.8 Å². The zero-order valence-corrected chi connectivity index (χ0v) is 17.9. The predicted octanol–water partition coefficient (Wildman–Crippen LogP) is 3.57. The van der Waals surface area contributed by atoms with E-state index in [2.05, 4.69) is 10.3 Å². The van der Waals surface area contributed by atoms with Crippen LogP contribution in [0.5, 0.6) is 11.5 Å². The average Bonchev–Trinajstić information content (AvgIpc) is 3.36.